The third-order valence-corrected chi connectivity index (χ3v) is 14.9. The number of allylic oxidation sites excluding steroid dienone is 23. The van der Waals surface area contributed by atoms with Gasteiger partial charge in [0.05, 0.1) is 13.2 Å². The highest BCUT2D eigenvalue weighted by Gasteiger charge is 2.30. The number of carbonyl (C=O) groups is 1. The maximum absolute atomic E-state index is 12.1. The van der Waals surface area contributed by atoms with Gasteiger partial charge in [-0.2, -0.15) is 0 Å². The minimum Gasteiger partial charge on any atom is -0.394 e. The molecule has 0 heterocycles. The first-order valence-electron chi connectivity index (χ1n) is 42.8. The lowest BCUT2D eigenvalue weighted by Gasteiger charge is -2.18. The highest BCUT2D eigenvalue weighted by Crippen LogP contribution is 2.44. The minimum atomic E-state index is -4.62. The predicted molar refractivity (Wildman–Crippen MR) is 502 cm³/mol. The van der Waals surface area contributed by atoms with Crippen molar-refractivity contribution in [2.45, 2.75) is 385 Å². The van der Waals surface area contributed by atoms with Gasteiger partial charge in [0.1, 0.15) is 12.2 Å². The van der Waals surface area contributed by atoms with E-state index in [-0.39, 0.29) is 6.54 Å². The normalized spacial score (nSPS) is 10.9. The van der Waals surface area contributed by atoms with Crippen LogP contribution in [0.2, 0.25) is 0 Å². The van der Waals surface area contributed by atoms with Crippen LogP contribution >= 0.6 is 7.82 Å². The third kappa shape index (κ3) is 200. The zero-order chi connectivity index (χ0) is 84.9. The summed E-state index contributed by atoms with van der Waals surface area (Å²) in [4.78, 5) is 21.7. The number of ketones is 1. The summed E-state index contributed by atoms with van der Waals surface area (Å²) in [6.07, 6.45) is 97.8. The Labute approximate surface area is 678 Å². The van der Waals surface area contributed by atoms with Gasteiger partial charge in [-0.25, -0.2) is 4.57 Å². The van der Waals surface area contributed by atoms with Gasteiger partial charge in [-0.3, -0.25) is 13.8 Å². The SMILES string of the molecule is C=CCCCC.C=CCCCC.C=CCCCC.C=CCCCC.C=CCCCC.C=CCCCC.C=CCCCC.C=CCCCC.C=CCCCC.C=CCCCC.C=CCCCC.C=CCCCC.CCCCCCCCCC=CC=CC=CC=CC=CC=CC(=O)C(CN)OP(=O)(O)OC[C@H](O)CO. The summed E-state index contributed by atoms with van der Waals surface area (Å²) < 4.78 is 21.1. The molecule has 0 aliphatic carbocycles. The summed E-state index contributed by atoms with van der Waals surface area (Å²) in [5, 5.41) is 17.8. The van der Waals surface area contributed by atoms with Crippen LogP contribution in [0.25, 0.3) is 0 Å². The highest BCUT2D eigenvalue weighted by molar-refractivity contribution is 7.47. The Morgan fingerprint density at radius 3 is 0.722 bits per heavy atom. The number of aliphatic hydroxyl groups is 2. The zero-order valence-electron chi connectivity index (χ0n) is 74.2. The molecule has 636 valence electrons. The molecule has 0 spiro atoms. The van der Waals surface area contributed by atoms with E-state index in [1.54, 1.807) is 18.2 Å². The van der Waals surface area contributed by atoms with Crippen LogP contribution < -0.4 is 5.73 Å². The maximum Gasteiger partial charge on any atom is 0.473 e. The average molecular weight is 1540 g/mol. The Balaban J connectivity index is -0.0000000928. The molecule has 0 rings (SSSR count). The number of nitrogens with two attached hydrogens (primary N) is 1. The molecule has 0 aliphatic rings. The number of hydrogen-bond acceptors (Lipinski definition) is 7. The minimum absolute atomic E-state index is 0.337. The fourth-order valence-electron chi connectivity index (χ4n) is 6.98. The highest BCUT2D eigenvalue weighted by atomic mass is 31.2. The summed E-state index contributed by atoms with van der Waals surface area (Å²) in [6, 6.07) is 0. The Morgan fingerprint density at radius 2 is 0.528 bits per heavy atom. The molecule has 0 fully saturated rings. The summed E-state index contributed by atoms with van der Waals surface area (Å²) in [5.74, 6) is -0.614. The quantitative estimate of drug-likeness (QED) is 0.0155. The van der Waals surface area contributed by atoms with Crippen molar-refractivity contribution in [2.24, 2.45) is 5.73 Å². The molecule has 3 atom stereocenters. The van der Waals surface area contributed by atoms with Crippen LogP contribution in [0.3, 0.4) is 0 Å². The van der Waals surface area contributed by atoms with E-state index < -0.39 is 39.0 Å². The van der Waals surface area contributed by atoms with Crippen molar-refractivity contribution >= 4 is 13.6 Å². The number of phosphoric ester groups is 1. The molecule has 108 heavy (non-hydrogen) atoms. The van der Waals surface area contributed by atoms with Gasteiger partial charge in [0, 0.05) is 6.54 Å². The molecule has 0 bridgehead atoms. The zero-order valence-corrected chi connectivity index (χ0v) is 75.1. The van der Waals surface area contributed by atoms with Gasteiger partial charge in [0.2, 0.25) is 0 Å². The van der Waals surface area contributed by atoms with Crippen LogP contribution in [0.1, 0.15) is 373 Å². The van der Waals surface area contributed by atoms with Crippen LogP contribution in [0, 0.1) is 0 Å². The van der Waals surface area contributed by atoms with Crippen molar-refractivity contribution in [3.05, 3.63) is 225 Å². The Morgan fingerprint density at radius 1 is 0.324 bits per heavy atom. The lowest BCUT2D eigenvalue weighted by atomic mass is 10.1. The van der Waals surface area contributed by atoms with Gasteiger partial charge in [-0.05, 0) is 96.0 Å². The maximum atomic E-state index is 12.1. The van der Waals surface area contributed by atoms with E-state index in [9.17, 15) is 14.3 Å². The second-order valence-electron chi connectivity index (χ2n) is 25.2. The number of phosphoric acid groups is 1. The second-order valence-corrected chi connectivity index (χ2v) is 26.6. The van der Waals surface area contributed by atoms with E-state index in [2.05, 4.69) is 186 Å². The van der Waals surface area contributed by atoms with Crippen LogP contribution in [-0.2, 0) is 18.4 Å². The van der Waals surface area contributed by atoms with Gasteiger partial charge >= 0.3 is 7.82 Å². The van der Waals surface area contributed by atoms with Crippen LogP contribution in [-0.4, -0.2) is 52.9 Å². The predicted octanol–water partition coefficient (Wildman–Crippen LogP) is 33.2. The first kappa shape index (κ1) is 132. The molecule has 0 aliphatic heterocycles. The molecule has 2 unspecified atom stereocenters. The smallest absolute Gasteiger partial charge is 0.394 e. The van der Waals surface area contributed by atoms with E-state index >= 15 is 0 Å². The summed E-state index contributed by atoms with van der Waals surface area (Å²) in [5.41, 5.74) is 5.43. The fourth-order valence-corrected chi connectivity index (χ4v) is 7.91. The molecule has 0 saturated heterocycles. The Kier molecular flexibility index (Phi) is 185. The number of aliphatic hydroxyl groups excluding tert-OH is 2. The molecule has 0 aromatic rings. The fraction of sp³-hybridized carbons (Fsp3) is 0.626. The van der Waals surface area contributed by atoms with Crippen LogP contribution in [0.15, 0.2) is 225 Å². The average Bonchev–Trinajstić information content (AvgIpc) is 0.884. The molecule has 9 heteroatoms. The molecular formula is C99H188NO7P. The van der Waals surface area contributed by atoms with Crippen molar-refractivity contribution in [3.8, 4) is 0 Å². The lowest BCUT2D eigenvalue weighted by molar-refractivity contribution is -0.121. The van der Waals surface area contributed by atoms with Crippen molar-refractivity contribution in [3.63, 3.8) is 0 Å². The molecule has 0 amide bonds. The van der Waals surface area contributed by atoms with E-state index in [1.807, 2.05) is 103 Å². The first-order chi connectivity index (χ1) is 52.3. The van der Waals surface area contributed by atoms with Gasteiger partial charge in [-0.1, -0.05) is 422 Å². The van der Waals surface area contributed by atoms with E-state index in [4.69, 9.17) is 20.5 Å². The van der Waals surface area contributed by atoms with E-state index in [1.165, 1.54) is 288 Å². The molecule has 8 nitrogen and oxygen atoms in total. The number of rotatable bonds is 58. The number of unbranched alkanes of at least 4 members (excludes halogenated alkanes) is 31. The van der Waals surface area contributed by atoms with Gasteiger partial charge < -0.3 is 20.8 Å². The number of hydrogen-bond donors (Lipinski definition) is 4. The molecule has 0 aromatic carbocycles. The summed E-state index contributed by atoms with van der Waals surface area (Å²) >= 11 is 0. The first-order valence-corrected chi connectivity index (χ1v) is 44.3. The van der Waals surface area contributed by atoms with Crippen molar-refractivity contribution in [2.75, 3.05) is 19.8 Å². The van der Waals surface area contributed by atoms with E-state index in [0.29, 0.717) is 0 Å². The lowest BCUT2D eigenvalue weighted by Crippen LogP contribution is -2.31. The third-order valence-electron chi connectivity index (χ3n) is 13.9. The molecular weight excluding hydrogens is 1350 g/mol. The standard InChI is InChI=1S/C27H44NO7P.12C6H12/c1-2-3-4-5-6-7-8-9-10-11-12-13-14-15-16-17-18-19-20-21-26(31)27(22-28)35-36(32,33)34-24-25(30)23-29;12*1-3-5-6-4-2/h10-21,25,27,29-30H,2-9,22-24,28H2,1H3,(H,32,33);12*3H,1,4-6H2,2H3/t25-,27?;;;;;;;;;;;;/m1............/s1. The topological polar surface area (TPSA) is 139 Å². The van der Waals surface area contributed by atoms with Crippen molar-refractivity contribution < 1.29 is 33.5 Å². The summed E-state index contributed by atoms with van der Waals surface area (Å²) in [7, 11) is -4.62. The Bertz CT molecular complexity index is 1680. The molecule has 0 radical (unpaired) electrons. The van der Waals surface area contributed by atoms with Gasteiger partial charge in [0.15, 0.2) is 5.78 Å². The van der Waals surface area contributed by atoms with E-state index in [0.717, 1.165) is 6.42 Å². The van der Waals surface area contributed by atoms with Gasteiger partial charge in [0.25, 0.3) is 0 Å². The Hall–Kier alpha value is -5.02. The monoisotopic (exact) mass is 1530 g/mol. The second kappa shape index (κ2) is 151. The molecule has 0 saturated carbocycles. The largest absolute Gasteiger partial charge is 0.473 e. The summed E-state index contributed by atoms with van der Waals surface area (Å²) in [6.45, 7) is 70.0. The molecule has 0 aromatic heterocycles. The van der Waals surface area contributed by atoms with Gasteiger partial charge in [-0.15, -0.1) is 78.9 Å². The van der Waals surface area contributed by atoms with Crippen molar-refractivity contribution in [1.82, 2.24) is 0 Å². The van der Waals surface area contributed by atoms with Crippen LogP contribution in [0.5, 0.6) is 0 Å². The number of carbonyl (C=O) groups excluding carboxylic acids is 1. The van der Waals surface area contributed by atoms with Crippen LogP contribution in [0.4, 0.5) is 0 Å². The van der Waals surface area contributed by atoms with Crippen molar-refractivity contribution in [1.29, 1.82) is 0 Å². The molecule has 5 N–H and O–H groups in total.